The van der Waals surface area contributed by atoms with Crippen LogP contribution in [-0.2, 0) is 4.79 Å². The molecule has 1 saturated heterocycles. The van der Waals surface area contributed by atoms with Crippen LogP contribution in [0.4, 0.5) is 10.1 Å². The van der Waals surface area contributed by atoms with Crippen LogP contribution in [0.3, 0.4) is 0 Å². The second-order valence-corrected chi connectivity index (χ2v) is 4.03. The monoisotopic (exact) mass is 234 g/mol. The molecular weight excluding hydrogens is 223 g/mol. The van der Waals surface area contributed by atoms with Crippen LogP contribution >= 0.6 is 0 Å². The fourth-order valence-electron chi connectivity index (χ4n) is 1.97. The van der Waals surface area contributed by atoms with Crippen molar-refractivity contribution >= 4 is 11.6 Å². The average Bonchev–Trinajstić information content (AvgIpc) is 2.70. The van der Waals surface area contributed by atoms with Crippen molar-refractivity contribution in [3.63, 3.8) is 0 Å². The quantitative estimate of drug-likeness (QED) is 0.831. The average molecular weight is 234 g/mol. The van der Waals surface area contributed by atoms with Crippen molar-refractivity contribution < 1.29 is 14.3 Å². The van der Waals surface area contributed by atoms with Gasteiger partial charge >= 0.3 is 0 Å². The molecule has 2 rings (SSSR count). The van der Waals surface area contributed by atoms with Crippen LogP contribution in [0.2, 0.25) is 0 Å². The van der Waals surface area contributed by atoms with Gasteiger partial charge in [0.1, 0.15) is 11.9 Å². The molecule has 0 saturated carbocycles. The van der Waals surface area contributed by atoms with Crippen LogP contribution in [-0.4, -0.2) is 24.2 Å². The summed E-state index contributed by atoms with van der Waals surface area (Å²) < 4.78 is 13.0. The first-order valence-electron chi connectivity index (χ1n) is 5.26. The standard InChI is InChI=1S/C12H11FN2O2/c13-10-1-2-11(9(4-10)5-14)15-6-8(7-16)3-12(15)17/h1-2,4,8,16H,3,6-7H2. The Bertz CT molecular complexity index is 496. The number of anilines is 1. The van der Waals surface area contributed by atoms with E-state index in [-0.39, 0.29) is 30.4 Å². The molecule has 1 aromatic rings. The second kappa shape index (κ2) is 4.52. The summed E-state index contributed by atoms with van der Waals surface area (Å²) in [6.45, 7) is 0.307. The van der Waals surface area contributed by atoms with Crippen molar-refractivity contribution in [1.82, 2.24) is 0 Å². The maximum atomic E-state index is 13.0. The normalized spacial score (nSPS) is 19.5. The fourth-order valence-corrected chi connectivity index (χ4v) is 1.97. The van der Waals surface area contributed by atoms with Gasteiger partial charge in [-0.05, 0) is 18.2 Å². The molecule has 5 heteroatoms. The highest BCUT2D eigenvalue weighted by Crippen LogP contribution is 2.28. The first kappa shape index (κ1) is 11.6. The fraction of sp³-hybridized carbons (Fsp3) is 0.333. The molecule has 1 heterocycles. The third-order valence-corrected chi connectivity index (χ3v) is 2.83. The van der Waals surface area contributed by atoms with E-state index >= 15 is 0 Å². The summed E-state index contributed by atoms with van der Waals surface area (Å²) in [4.78, 5) is 13.1. The van der Waals surface area contributed by atoms with Gasteiger partial charge in [0.2, 0.25) is 5.91 Å². The van der Waals surface area contributed by atoms with Crippen LogP contribution in [0.25, 0.3) is 0 Å². The van der Waals surface area contributed by atoms with E-state index in [1.807, 2.05) is 6.07 Å². The summed E-state index contributed by atoms with van der Waals surface area (Å²) in [5.74, 6) is -0.762. The molecule has 0 bridgehead atoms. The van der Waals surface area contributed by atoms with Gasteiger partial charge in [0.05, 0.1) is 11.3 Å². The number of amides is 1. The Labute approximate surface area is 97.9 Å². The van der Waals surface area contributed by atoms with Crippen LogP contribution in [0.15, 0.2) is 18.2 Å². The smallest absolute Gasteiger partial charge is 0.227 e. The number of carbonyl (C=O) groups is 1. The van der Waals surface area contributed by atoms with Gasteiger partial charge in [-0.15, -0.1) is 0 Å². The van der Waals surface area contributed by atoms with Gasteiger partial charge in [0, 0.05) is 25.5 Å². The van der Waals surface area contributed by atoms with Crippen molar-refractivity contribution in [3.05, 3.63) is 29.6 Å². The minimum atomic E-state index is -0.504. The van der Waals surface area contributed by atoms with E-state index in [2.05, 4.69) is 0 Å². The molecule has 0 aromatic heterocycles. The van der Waals surface area contributed by atoms with Crippen molar-refractivity contribution in [2.45, 2.75) is 6.42 Å². The largest absolute Gasteiger partial charge is 0.396 e. The SMILES string of the molecule is N#Cc1cc(F)ccc1N1CC(CO)CC1=O. The molecule has 1 N–H and O–H groups in total. The summed E-state index contributed by atoms with van der Waals surface area (Å²) in [6, 6.07) is 5.62. The number of carbonyl (C=O) groups excluding carboxylic acids is 1. The molecule has 0 radical (unpaired) electrons. The molecular formula is C12H11FN2O2. The van der Waals surface area contributed by atoms with E-state index in [1.165, 1.54) is 17.0 Å². The lowest BCUT2D eigenvalue weighted by molar-refractivity contribution is -0.117. The van der Waals surface area contributed by atoms with E-state index in [0.29, 0.717) is 12.2 Å². The Hall–Kier alpha value is -1.93. The molecule has 4 nitrogen and oxygen atoms in total. The third kappa shape index (κ3) is 2.12. The van der Waals surface area contributed by atoms with Crippen molar-refractivity contribution in [2.24, 2.45) is 5.92 Å². The molecule has 88 valence electrons. The number of aliphatic hydroxyl groups excluding tert-OH is 1. The van der Waals surface area contributed by atoms with Crippen LogP contribution in [0, 0.1) is 23.1 Å². The van der Waals surface area contributed by atoms with Gasteiger partial charge < -0.3 is 10.0 Å². The molecule has 1 fully saturated rings. The number of nitriles is 1. The topological polar surface area (TPSA) is 64.3 Å². The zero-order valence-corrected chi connectivity index (χ0v) is 9.06. The molecule has 17 heavy (non-hydrogen) atoms. The number of nitrogens with zero attached hydrogens (tertiary/aromatic N) is 2. The van der Waals surface area contributed by atoms with Gasteiger partial charge in [-0.3, -0.25) is 4.79 Å². The Morgan fingerprint density at radius 2 is 2.35 bits per heavy atom. The highest BCUT2D eigenvalue weighted by atomic mass is 19.1. The predicted molar refractivity (Wildman–Crippen MR) is 58.7 cm³/mol. The van der Waals surface area contributed by atoms with Gasteiger partial charge in [0.25, 0.3) is 0 Å². The zero-order chi connectivity index (χ0) is 12.4. The molecule has 1 amide bonds. The van der Waals surface area contributed by atoms with Crippen molar-refractivity contribution in [1.29, 1.82) is 5.26 Å². The van der Waals surface area contributed by atoms with E-state index in [4.69, 9.17) is 10.4 Å². The first-order valence-corrected chi connectivity index (χ1v) is 5.26. The van der Waals surface area contributed by atoms with Crippen LogP contribution in [0.5, 0.6) is 0 Å². The molecule has 1 unspecified atom stereocenters. The summed E-state index contributed by atoms with van der Waals surface area (Å²) in [6.07, 6.45) is 0.263. The molecule has 1 atom stereocenters. The van der Waals surface area contributed by atoms with E-state index < -0.39 is 5.82 Å². The predicted octanol–water partition coefficient (Wildman–Crippen LogP) is 1.04. The highest BCUT2D eigenvalue weighted by molar-refractivity contribution is 5.96. The lowest BCUT2D eigenvalue weighted by atomic mass is 10.1. The van der Waals surface area contributed by atoms with Gasteiger partial charge in [-0.1, -0.05) is 0 Å². The Balaban J connectivity index is 2.35. The summed E-state index contributed by atoms with van der Waals surface area (Å²) in [7, 11) is 0. The van der Waals surface area contributed by atoms with Crippen LogP contribution < -0.4 is 4.90 Å². The minimum Gasteiger partial charge on any atom is -0.396 e. The van der Waals surface area contributed by atoms with Crippen molar-refractivity contribution in [3.8, 4) is 6.07 Å². The molecule has 0 aliphatic carbocycles. The summed E-state index contributed by atoms with van der Waals surface area (Å²) in [5, 5.41) is 17.9. The lowest BCUT2D eigenvalue weighted by Crippen LogP contribution is -2.25. The molecule has 1 aromatic carbocycles. The van der Waals surface area contributed by atoms with E-state index in [1.54, 1.807) is 0 Å². The van der Waals surface area contributed by atoms with E-state index in [0.717, 1.165) is 6.07 Å². The van der Waals surface area contributed by atoms with Crippen molar-refractivity contribution in [2.75, 3.05) is 18.1 Å². The number of hydrogen-bond donors (Lipinski definition) is 1. The number of aliphatic hydroxyl groups is 1. The van der Waals surface area contributed by atoms with Gasteiger partial charge in [-0.25, -0.2) is 4.39 Å². The second-order valence-electron chi connectivity index (χ2n) is 4.03. The third-order valence-electron chi connectivity index (χ3n) is 2.83. The Morgan fingerprint density at radius 1 is 1.59 bits per heavy atom. The van der Waals surface area contributed by atoms with E-state index in [9.17, 15) is 9.18 Å². The number of halogens is 1. The Morgan fingerprint density at radius 3 is 2.94 bits per heavy atom. The van der Waals surface area contributed by atoms with Gasteiger partial charge in [0.15, 0.2) is 0 Å². The first-order chi connectivity index (χ1) is 8.15. The zero-order valence-electron chi connectivity index (χ0n) is 9.06. The lowest BCUT2D eigenvalue weighted by Gasteiger charge is -2.17. The number of hydrogen-bond acceptors (Lipinski definition) is 3. The van der Waals surface area contributed by atoms with Crippen LogP contribution in [0.1, 0.15) is 12.0 Å². The minimum absolute atomic E-state index is 0.0642. The molecule has 1 aliphatic rings. The maximum absolute atomic E-state index is 13.0. The Kier molecular flexibility index (Phi) is 3.07. The number of benzene rings is 1. The number of rotatable bonds is 2. The molecule has 0 spiro atoms. The summed E-state index contributed by atoms with van der Waals surface area (Å²) >= 11 is 0. The maximum Gasteiger partial charge on any atom is 0.227 e. The van der Waals surface area contributed by atoms with Gasteiger partial charge in [-0.2, -0.15) is 5.26 Å². The highest BCUT2D eigenvalue weighted by Gasteiger charge is 2.31. The summed E-state index contributed by atoms with van der Waals surface area (Å²) in [5.41, 5.74) is 0.548. The molecule has 1 aliphatic heterocycles.